The topological polar surface area (TPSA) is 30.7 Å². The van der Waals surface area contributed by atoms with Crippen molar-refractivity contribution in [3.63, 3.8) is 0 Å². The SMILES string of the molecule is c1ccc(-c2cc(-c3ccccc3)nc(-c3ccc4c(c3)c3ccccc3c3c4ccc4c3c3ccccc3n4-c3ccccc3)n2)cc1. The number of fused-ring (bicyclic) bond motifs is 10. The summed E-state index contributed by atoms with van der Waals surface area (Å²) in [7, 11) is 0. The molecule has 2 aromatic heterocycles. The molecule has 10 rings (SSSR count). The molecule has 0 radical (unpaired) electrons. The molecule has 3 heteroatoms. The van der Waals surface area contributed by atoms with E-state index in [0.29, 0.717) is 5.82 Å². The van der Waals surface area contributed by atoms with E-state index in [0.717, 1.165) is 33.8 Å². The van der Waals surface area contributed by atoms with Gasteiger partial charge in [-0.2, -0.15) is 0 Å². The van der Waals surface area contributed by atoms with Gasteiger partial charge in [0.15, 0.2) is 5.82 Å². The van der Waals surface area contributed by atoms with Crippen molar-refractivity contribution in [2.24, 2.45) is 0 Å². The third-order valence-electron chi connectivity index (χ3n) is 9.77. The molecule has 8 aromatic carbocycles. The summed E-state index contributed by atoms with van der Waals surface area (Å²) in [5.41, 5.74) is 8.53. The van der Waals surface area contributed by atoms with Crippen LogP contribution >= 0.6 is 0 Å². The largest absolute Gasteiger partial charge is 0.309 e. The lowest BCUT2D eigenvalue weighted by Crippen LogP contribution is -1.96. The number of hydrogen-bond donors (Lipinski definition) is 0. The zero-order chi connectivity index (χ0) is 32.3. The summed E-state index contributed by atoms with van der Waals surface area (Å²) < 4.78 is 2.40. The zero-order valence-corrected chi connectivity index (χ0v) is 26.6. The molecule has 10 aromatic rings. The lowest BCUT2D eigenvalue weighted by atomic mass is 9.91. The highest BCUT2D eigenvalue weighted by atomic mass is 15.0. The highest BCUT2D eigenvalue weighted by Gasteiger charge is 2.19. The van der Waals surface area contributed by atoms with Gasteiger partial charge in [0.1, 0.15) is 0 Å². The minimum Gasteiger partial charge on any atom is -0.309 e. The summed E-state index contributed by atoms with van der Waals surface area (Å²) in [6.07, 6.45) is 0. The predicted octanol–water partition coefficient (Wildman–Crippen LogP) is 12.0. The second kappa shape index (κ2) is 11.0. The maximum Gasteiger partial charge on any atom is 0.160 e. The Morgan fingerprint density at radius 3 is 1.55 bits per heavy atom. The van der Waals surface area contributed by atoms with E-state index in [4.69, 9.17) is 9.97 Å². The monoisotopic (exact) mass is 623 g/mol. The maximum absolute atomic E-state index is 5.14. The van der Waals surface area contributed by atoms with Crippen molar-refractivity contribution in [3.05, 3.63) is 176 Å². The number of aromatic nitrogens is 3. The van der Waals surface area contributed by atoms with Gasteiger partial charge in [0.25, 0.3) is 0 Å². The molecular weight excluding hydrogens is 595 g/mol. The fraction of sp³-hybridized carbons (Fsp3) is 0. The summed E-state index contributed by atoms with van der Waals surface area (Å²) in [5.74, 6) is 0.715. The molecule has 0 aliphatic rings. The van der Waals surface area contributed by atoms with Crippen molar-refractivity contribution in [2.75, 3.05) is 0 Å². The highest BCUT2D eigenvalue weighted by molar-refractivity contribution is 6.35. The van der Waals surface area contributed by atoms with Crippen LogP contribution in [-0.2, 0) is 0 Å². The van der Waals surface area contributed by atoms with Crippen molar-refractivity contribution in [1.29, 1.82) is 0 Å². The summed E-state index contributed by atoms with van der Waals surface area (Å²) in [5, 5.41) is 9.95. The molecule has 0 unspecified atom stereocenters. The van der Waals surface area contributed by atoms with Crippen LogP contribution in [0.5, 0.6) is 0 Å². The molecule has 228 valence electrons. The fourth-order valence-corrected chi connectivity index (χ4v) is 7.59. The lowest BCUT2D eigenvalue weighted by molar-refractivity contribution is 1.18. The van der Waals surface area contributed by atoms with Crippen LogP contribution < -0.4 is 0 Å². The lowest BCUT2D eigenvalue weighted by Gasteiger charge is -2.14. The van der Waals surface area contributed by atoms with Gasteiger partial charge in [-0.25, -0.2) is 9.97 Å². The van der Waals surface area contributed by atoms with Crippen molar-refractivity contribution < 1.29 is 0 Å². The minimum atomic E-state index is 0.715. The summed E-state index contributed by atoms with van der Waals surface area (Å²) in [6.45, 7) is 0. The first-order valence-corrected chi connectivity index (χ1v) is 16.7. The van der Waals surface area contributed by atoms with E-state index < -0.39 is 0 Å². The van der Waals surface area contributed by atoms with Crippen LogP contribution in [0.2, 0.25) is 0 Å². The average Bonchev–Trinajstić information content (AvgIpc) is 3.53. The zero-order valence-electron chi connectivity index (χ0n) is 26.6. The van der Waals surface area contributed by atoms with Crippen LogP contribution in [0.25, 0.3) is 93.7 Å². The first kappa shape index (κ1) is 27.5. The van der Waals surface area contributed by atoms with E-state index in [2.05, 4.69) is 168 Å². The third kappa shape index (κ3) is 4.37. The number of para-hydroxylation sites is 2. The standard InChI is InChI=1S/C46H29N3/c1-4-14-30(15-5-1)40-29-41(31-16-6-2-7-17-31)48-46(47-40)32-24-25-35-37-26-27-43-45(44(37)36-21-11-10-20-34(36)39(35)28-32)38-22-12-13-23-42(38)49(43)33-18-8-3-9-19-33/h1-29H. The van der Waals surface area contributed by atoms with Crippen LogP contribution in [0.1, 0.15) is 0 Å². The van der Waals surface area contributed by atoms with Gasteiger partial charge in [-0.1, -0.05) is 140 Å². The summed E-state index contributed by atoms with van der Waals surface area (Å²) in [4.78, 5) is 10.3. The number of rotatable bonds is 4. The van der Waals surface area contributed by atoms with Crippen LogP contribution in [0.4, 0.5) is 0 Å². The van der Waals surface area contributed by atoms with Gasteiger partial charge in [-0.3, -0.25) is 0 Å². The minimum absolute atomic E-state index is 0.715. The Kier molecular flexibility index (Phi) is 6.18. The molecule has 0 atom stereocenters. The molecule has 0 fully saturated rings. The summed E-state index contributed by atoms with van der Waals surface area (Å²) >= 11 is 0. The quantitative estimate of drug-likeness (QED) is 0.183. The van der Waals surface area contributed by atoms with Crippen molar-refractivity contribution in [1.82, 2.24) is 14.5 Å². The molecule has 2 heterocycles. The molecule has 0 bridgehead atoms. The molecule has 0 amide bonds. The average molecular weight is 624 g/mol. The van der Waals surface area contributed by atoms with Gasteiger partial charge >= 0.3 is 0 Å². The van der Waals surface area contributed by atoms with Gasteiger partial charge in [0.05, 0.1) is 22.4 Å². The highest BCUT2D eigenvalue weighted by Crippen LogP contribution is 2.44. The molecule has 3 nitrogen and oxygen atoms in total. The van der Waals surface area contributed by atoms with E-state index in [1.165, 1.54) is 54.1 Å². The van der Waals surface area contributed by atoms with E-state index in [1.54, 1.807) is 0 Å². The molecular formula is C46H29N3. The molecule has 0 N–H and O–H groups in total. The van der Waals surface area contributed by atoms with Gasteiger partial charge in [0, 0.05) is 38.5 Å². The van der Waals surface area contributed by atoms with Gasteiger partial charge in [-0.05, 0) is 63.3 Å². The Labute approximate surface area is 283 Å². The number of hydrogen-bond acceptors (Lipinski definition) is 2. The maximum atomic E-state index is 5.14. The number of benzene rings is 8. The van der Waals surface area contributed by atoms with Crippen molar-refractivity contribution in [3.8, 4) is 39.6 Å². The molecule has 0 saturated carbocycles. The second-order valence-corrected chi connectivity index (χ2v) is 12.6. The van der Waals surface area contributed by atoms with Crippen LogP contribution in [0, 0.1) is 0 Å². The molecule has 0 spiro atoms. The molecule has 0 aliphatic heterocycles. The molecule has 0 aliphatic carbocycles. The van der Waals surface area contributed by atoms with Gasteiger partial charge in [0.2, 0.25) is 0 Å². The predicted molar refractivity (Wildman–Crippen MR) is 205 cm³/mol. The summed E-state index contributed by atoms with van der Waals surface area (Å²) in [6, 6.07) is 62.5. The fourth-order valence-electron chi connectivity index (χ4n) is 7.59. The van der Waals surface area contributed by atoms with E-state index in [9.17, 15) is 0 Å². The second-order valence-electron chi connectivity index (χ2n) is 12.6. The molecule has 0 saturated heterocycles. The van der Waals surface area contributed by atoms with Crippen molar-refractivity contribution >= 4 is 54.1 Å². The van der Waals surface area contributed by atoms with E-state index in [-0.39, 0.29) is 0 Å². The molecule has 49 heavy (non-hydrogen) atoms. The van der Waals surface area contributed by atoms with E-state index in [1.807, 2.05) is 12.1 Å². The Morgan fingerprint density at radius 2 is 0.857 bits per heavy atom. The smallest absolute Gasteiger partial charge is 0.160 e. The van der Waals surface area contributed by atoms with E-state index >= 15 is 0 Å². The van der Waals surface area contributed by atoms with Crippen LogP contribution in [0.15, 0.2) is 176 Å². The Morgan fingerprint density at radius 1 is 0.327 bits per heavy atom. The third-order valence-corrected chi connectivity index (χ3v) is 9.77. The Hall–Kier alpha value is -6.58. The van der Waals surface area contributed by atoms with Gasteiger partial charge in [-0.15, -0.1) is 0 Å². The first-order chi connectivity index (χ1) is 24.3. The normalized spacial score (nSPS) is 11.7. The van der Waals surface area contributed by atoms with Crippen LogP contribution in [-0.4, -0.2) is 14.5 Å². The van der Waals surface area contributed by atoms with Gasteiger partial charge < -0.3 is 4.57 Å². The Bertz CT molecular complexity index is 2780. The Balaban J connectivity index is 1.26. The number of nitrogens with zero attached hydrogens (tertiary/aromatic N) is 3. The first-order valence-electron chi connectivity index (χ1n) is 16.7. The van der Waals surface area contributed by atoms with Crippen molar-refractivity contribution in [2.45, 2.75) is 0 Å². The van der Waals surface area contributed by atoms with Crippen LogP contribution in [0.3, 0.4) is 0 Å².